The number of carboxylic acids is 1. The number of aromatic nitrogens is 3. The zero-order valence-corrected chi connectivity index (χ0v) is 11.1. The average molecular weight is 265 g/mol. The summed E-state index contributed by atoms with van der Waals surface area (Å²) in [5.74, 6) is 0.625. The van der Waals surface area contributed by atoms with E-state index in [1.54, 1.807) is 30.0 Å². The molecule has 1 N–H and O–H groups in total. The highest BCUT2D eigenvalue weighted by atomic mass is 32.2. The van der Waals surface area contributed by atoms with Crippen molar-refractivity contribution in [3.8, 4) is 0 Å². The zero-order valence-electron chi connectivity index (χ0n) is 10.3. The molecule has 0 aliphatic carbocycles. The van der Waals surface area contributed by atoms with Gasteiger partial charge < -0.3 is 5.11 Å². The largest absolute Gasteiger partial charge is 0.478 e. The van der Waals surface area contributed by atoms with Crippen LogP contribution in [0.3, 0.4) is 0 Å². The van der Waals surface area contributed by atoms with E-state index in [1.807, 2.05) is 4.68 Å². The molecule has 1 atom stereocenters. The number of carboxylic acid groups (broad SMARTS) is 1. The summed E-state index contributed by atoms with van der Waals surface area (Å²) >= 11 is 1.80. The van der Waals surface area contributed by atoms with Crippen molar-refractivity contribution < 1.29 is 9.90 Å². The van der Waals surface area contributed by atoms with Crippen LogP contribution >= 0.6 is 11.8 Å². The van der Waals surface area contributed by atoms with Gasteiger partial charge in [-0.3, -0.25) is 0 Å². The van der Waals surface area contributed by atoms with E-state index in [0.29, 0.717) is 11.4 Å². The fourth-order valence-corrected chi connectivity index (χ4v) is 2.55. The van der Waals surface area contributed by atoms with E-state index in [4.69, 9.17) is 5.11 Å². The van der Waals surface area contributed by atoms with Crippen molar-refractivity contribution in [1.29, 1.82) is 0 Å². The first-order valence-electron chi connectivity index (χ1n) is 5.67. The van der Waals surface area contributed by atoms with E-state index in [0.717, 1.165) is 17.8 Å². The van der Waals surface area contributed by atoms with Crippen molar-refractivity contribution in [3.63, 3.8) is 0 Å². The van der Waals surface area contributed by atoms with Crippen molar-refractivity contribution in [1.82, 2.24) is 15.0 Å². The van der Waals surface area contributed by atoms with Gasteiger partial charge >= 0.3 is 5.97 Å². The number of carbonyl (C=O) groups is 1. The summed E-state index contributed by atoms with van der Waals surface area (Å²) in [7, 11) is 0. The molecule has 18 heavy (non-hydrogen) atoms. The van der Waals surface area contributed by atoms with Crippen LogP contribution in [0.25, 0.3) is 11.0 Å². The molecule has 2 aromatic rings. The van der Waals surface area contributed by atoms with Crippen LogP contribution in [0.4, 0.5) is 0 Å². The summed E-state index contributed by atoms with van der Waals surface area (Å²) in [5.41, 5.74) is 1.76. The van der Waals surface area contributed by atoms with Gasteiger partial charge in [-0.15, -0.1) is 5.10 Å². The normalized spacial score (nSPS) is 12.8. The maximum Gasteiger partial charge on any atom is 0.335 e. The maximum atomic E-state index is 10.9. The molecule has 6 heteroatoms. The lowest BCUT2D eigenvalue weighted by atomic mass is 10.2. The molecule has 0 saturated heterocycles. The quantitative estimate of drug-likeness (QED) is 0.897. The number of rotatable bonds is 5. The van der Waals surface area contributed by atoms with Gasteiger partial charge in [0.05, 0.1) is 11.1 Å². The second-order valence-electron chi connectivity index (χ2n) is 4.34. The number of aromatic carboxylic acids is 1. The van der Waals surface area contributed by atoms with Crippen molar-refractivity contribution in [2.75, 3.05) is 12.0 Å². The summed E-state index contributed by atoms with van der Waals surface area (Å²) in [6.07, 6.45) is 2.08. The van der Waals surface area contributed by atoms with Crippen molar-refractivity contribution >= 4 is 28.8 Å². The smallest absolute Gasteiger partial charge is 0.335 e. The Kier molecular flexibility index (Phi) is 3.86. The molecule has 0 saturated carbocycles. The molecule has 2 rings (SSSR count). The predicted molar refractivity (Wildman–Crippen MR) is 72.0 cm³/mol. The highest BCUT2D eigenvalue weighted by Gasteiger charge is 2.11. The third-order valence-corrected chi connectivity index (χ3v) is 3.60. The Labute approximate surface area is 109 Å². The van der Waals surface area contributed by atoms with Gasteiger partial charge in [-0.05, 0) is 36.1 Å². The van der Waals surface area contributed by atoms with E-state index in [-0.39, 0.29) is 5.56 Å². The first-order valence-corrected chi connectivity index (χ1v) is 7.06. The van der Waals surface area contributed by atoms with Crippen molar-refractivity contribution in [2.45, 2.75) is 13.5 Å². The number of thioether (sulfide) groups is 1. The molecule has 1 aromatic heterocycles. The topological polar surface area (TPSA) is 68.0 Å². The standard InChI is InChI=1S/C12H15N3O2S/c1-8(7-18-2)6-15-11-4-3-9(12(16)17)5-10(11)13-14-15/h3-5,8H,6-7H2,1-2H3,(H,16,17). The Morgan fingerprint density at radius 1 is 1.56 bits per heavy atom. The number of hydrogen-bond donors (Lipinski definition) is 1. The average Bonchev–Trinajstić information content (AvgIpc) is 2.72. The molecule has 96 valence electrons. The van der Waals surface area contributed by atoms with Crippen molar-refractivity contribution in [3.05, 3.63) is 23.8 Å². The molecule has 0 fully saturated rings. The Morgan fingerprint density at radius 3 is 3.00 bits per heavy atom. The summed E-state index contributed by atoms with van der Waals surface area (Å²) < 4.78 is 1.84. The highest BCUT2D eigenvalue weighted by Crippen LogP contribution is 2.16. The summed E-state index contributed by atoms with van der Waals surface area (Å²) in [6.45, 7) is 2.96. The molecule has 0 amide bonds. The van der Waals surface area contributed by atoms with Crippen molar-refractivity contribution in [2.24, 2.45) is 5.92 Å². The van der Waals surface area contributed by atoms with Crippen LogP contribution < -0.4 is 0 Å². The molecule has 5 nitrogen and oxygen atoms in total. The molecular formula is C12H15N3O2S. The van der Waals surface area contributed by atoms with Crippen LogP contribution in [0, 0.1) is 5.92 Å². The summed E-state index contributed by atoms with van der Waals surface area (Å²) in [4.78, 5) is 10.9. The number of nitrogens with zero attached hydrogens (tertiary/aromatic N) is 3. The van der Waals surface area contributed by atoms with Gasteiger partial charge in [0, 0.05) is 6.54 Å². The monoisotopic (exact) mass is 265 g/mol. The van der Waals surface area contributed by atoms with E-state index in [9.17, 15) is 4.79 Å². The summed E-state index contributed by atoms with van der Waals surface area (Å²) in [6, 6.07) is 4.91. The molecule has 0 spiro atoms. The van der Waals surface area contributed by atoms with Crippen LogP contribution in [0.15, 0.2) is 18.2 Å². The number of hydrogen-bond acceptors (Lipinski definition) is 4. The molecule has 1 unspecified atom stereocenters. The number of benzene rings is 1. The van der Waals surface area contributed by atoms with Crippen LogP contribution in [0.1, 0.15) is 17.3 Å². The second-order valence-corrected chi connectivity index (χ2v) is 5.25. The lowest BCUT2D eigenvalue weighted by Gasteiger charge is -2.09. The van der Waals surface area contributed by atoms with Gasteiger partial charge in [0.1, 0.15) is 5.52 Å². The third-order valence-electron chi connectivity index (χ3n) is 2.70. The third kappa shape index (κ3) is 2.64. The first kappa shape index (κ1) is 12.9. The fourth-order valence-electron chi connectivity index (χ4n) is 1.87. The minimum atomic E-state index is -0.942. The van der Waals surface area contributed by atoms with Gasteiger partial charge in [-0.1, -0.05) is 12.1 Å². The predicted octanol–water partition coefficient (Wildman–Crippen LogP) is 2.13. The lowest BCUT2D eigenvalue weighted by Crippen LogP contribution is -2.11. The molecule has 1 aromatic carbocycles. The lowest BCUT2D eigenvalue weighted by molar-refractivity contribution is 0.0697. The van der Waals surface area contributed by atoms with Gasteiger partial charge in [0.15, 0.2) is 0 Å². The van der Waals surface area contributed by atoms with E-state index in [1.165, 1.54) is 0 Å². The van der Waals surface area contributed by atoms with E-state index >= 15 is 0 Å². The maximum absolute atomic E-state index is 10.9. The molecular weight excluding hydrogens is 250 g/mol. The van der Waals surface area contributed by atoms with Crippen LogP contribution in [-0.2, 0) is 6.54 Å². The number of fused-ring (bicyclic) bond motifs is 1. The Hall–Kier alpha value is -1.56. The zero-order chi connectivity index (χ0) is 13.1. The van der Waals surface area contributed by atoms with E-state index < -0.39 is 5.97 Å². The first-order chi connectivity index (χ1) is 8.61. The SMILES string of the molecule is CSCC(C)Cn1nnc2cc(C(=O)O)ccc21. The minimum absolute atomic E-state index is 0.242. The second kappa shape index (κ2) is 5.39. The van der Waals surface area contributed by atoms with Crippen LogP contribution in [0.5, 0.6) is 0 Å². The van der Waals surface area contributed by atoms with Crippen LogP contribution in [-0.4, -0.2) is 38.1 Å². The van der Waals surface area contributed by atoms with Gasteiger partial charge in [-0.25, -0.2) is 9.48 Å². The summed E-state index contributed by atoms with van der Waals surface area (Å²) in [5, 5.41) is 17.0. The fraction of sp³-hybridized carbons (Fsp3) is 0.417. The minimum Gasteiger partial charge on any atom is -0.478 e. The van der Waals surface area contributed by atoms with Gasteiger partial charge in [-0.2, -0.15) is 11.8 Å². The van der Waals surface area contributed by atoms with Gasteiger partial charge in [0.25, 0.3) is 0 Å². The molecule has 0 bridgehead atoms. The molecule has 0 aliphatic heterocycles. The molecule has 0 radical (unpaired) electrons. The van der Waals surface area contributed by atoms with E-state index in [2.05, 4.69) is 23.5 Å². The highest BCUT2D eigenvalue weighted by molar-refractivity contribution is 7.98. The molecule has 0 aliphatic rings. The molecule has 1 heterocycles. The van der Waals surface area contributed by atoms with Gasteiger partial charge in [0.2, 0.25) is 0 Å². The Bertz CT molecular complexity index is 567. The van der Waals surface area contributed by atoms with Crippen LogP contribution in [0.2, 0.25) is 0 Å². The Morgan fingerprint density at radius 2 is 2.33 bits per heavy atom. The Balaban J connectivity index is 2.28.